The molecule has 2 nitrogen and oxygen atoms in total. The molecular formula is C11H16O2S. The average molecular weight is 212 g/mol. The van der Waals surface area contributed by atoms with Gasteiger partial charge in [-0.3, -0.25) is 0 Å². The molecule has 0 amide bonds. The molecule has 3 heteroatoms. The number of aliphatic hydroxyl groups excluding tert-OH is 1. The van der Waals surface area contributed by atoms with Crippen LogP contribution in [0.25, 0.3) is 0 Å². The zero-order valence-corrected chi connectivity index (χ0v) is 9.37. The smallest absolute Gasteiger partial charge is 0.123 e. The van der Waals surface area contributed by atoms with Gasteiger partial charge in [0.25, 0.3) is 0 Å². The average Bonchev–Trinajstić information content (AvgIpc) is 2.26. The number of hydrogen-bond acceptors (Lipinski definition) is 3. The Morgan fingerprint density at radius 2 is 2.07 bits per heavy atom. The molecule has 1 aromatic carbocycles. The van der Waals surface area contributed by atoms with Crippen LogP contribution in [-0.2, 0) is 0 Å². The van der Waals surface area contributed by atoms with E-state index in [-0.39, 0.29) is 17.8 Å². The highest BCUT2D eigenvalue weighted by Gasteiger charge is 2.17. The maximum absolute atomic E-state index is 9.04. The molecule has 0 fully saturated rings. The van der Waals surface area contributed by atoms with Gasteiger partial charge in [-0.25, -0.2) is 0 Å². The molecule has 78 valence electrons. The fourth-order valence-electron chi connectivity index (χ4n) is 1.32. The van der Waals surface area contributed by atoms with Crippen LogP contribution in [-0.4, -0.2) is 18.8 Å². The lowest BCUT2D eigenvalue weighted by atomic mass is 10.0. The number of benzene rings is 1. The van der Waals surface area contributed by atoms with E-state index in [9.17, 15) is 0 Å². The third kappa shape index (κ3) is 2.42. The van der Waals surface area contributed by atoms with Gasteiger partial charge in [0.2, 0.25) is 0 Å². The Balaban J connectivity index is 2.93. The lowest BCUT2D eigenvalue weighted by molar-refractivity contribution is 0.234. The maximum Gasteiger partial charge on any atom is 0.123 e. The first-order valence-corrected chi connectivity index (χ1v) is 5.14. The molecule has 0 aliphatic heterocycles. The van der Waals surface area contributed by atoms with Crippen molar-refractivity contribution in [3.8, 4) is 5.75 Å². The first-order valence-electron chi connectivity index (χ1n) is 4.62. The highest BCUT2D eigenvalue weighted by atomic mass is 32.1. The molecule has 14 heavy (non-hydrogen) atoms. The van der Waals surface area contributed by atoms with E-state index in [1.165, 1.54) is 0 Å². The number of aliphatic hydroxyl groups is 1. The van der Waals surface area contributed by atoms with Gasteiger partial charge in [0.1, 0.15) is 5.75 Å². The molecule has 2 atom stereocenters. The van der Waals surface area contributed by atoms with Crippen molar-refractivity contribution in [2.75, 3.05) is 13.7 Å². The van der Waals surface area contributed by atoms with Crippen molar-refractivity contribution in [2.45, 2.75) is 12.2 Å². The maximum atomic E-state index is 9.04. The summed E-state index contributed by atoms with van der Waals surface area (Å²) in [7, 11) is 1.64. The summed E-state index contributed by atoms with van der Waals surface area (Å²) in [5.74, 6) is 0.947. The summed E-state index contributed by atoms with van der Waals surface area (Å²) in [5.41, 5.74) is 1.03. The molecule has 1 aromatic rings. The minimum Gasteiger partial charge on any atom is -0.496 e. The standard InChI is InChI=1S/C11H16O2S/c1-8(7-12)11(14)9-5-3-4-6-10(9)13-2/h3-6,8,11-12,14H,7H2,1-2H3. The Kier molecular flexibility index (Phi) is 4.29. The summed E-state index contributed by atoms with van der Waals surface area (Å²) in [6, 6.07) is 7.75. The molecule has 0 heterocycles. The van der Waals surface area contributed by atoms with Crippen molar-refractivity contribution in [3.05, 3.63) is 29.8 Å². The number of rotatable bonds is 4. The molecule has 0 aliphatic carbocycles. The SMILES string of the molecule is COc1ccccc1C(S)C(C)CO. The Bertz CT molecular complexity index is 288. The van der Waals surface area contributed by atoms with E-state index >= 15 is 0 Å². The van der Waals surface area contributed by atoms with Gasteiger partial charge in [-0.1, -0.05) is 25.1 Å². The molecule has 2 unspecified atom stereocenters. The summed E-state index contributed by atoms with van der Waals surface area (Å²) in [4.78, 5) is 0. The van der Waals surface area contributed by atoms with Crippen LogP contribution >= 0.6 is 12.6 Å². The van der Waals surface area contributed by atoms with Crippen molar-refractivity contribution < 1.29 is 9.84 Å². The van der Waals surface area contributed by atoms with Gasteiger partial charge in [0, 0.05) is 17.4 Å². The fraction of sp³-hybridized carbons (Fsp3) is 0.455. The second-order valence-electron chi connectivity index (χ2n) is 3.35. The Morgan fingerprint density at radius 1 is 1.43 bits per heavy atom. The Morgan fingerprint density at radius 3 is 2.64 bits per heavy atom. The quantitative estimate of drug-likeness (QED) is 0.750. The zero-order valence-electron chi connectivity index (χ0n) is 8.47. The molecule has 0 saturated carbocycles. The van der Waals surface area contributed by atoms with E-state index in [1.54, 1.807) is 7.11 Å². The van der Waals surface area contributed by atoms with Crippen molar-refractivity contribution in [3.63, 3.8) is 0 Å². The topological polar surface area (TPSA) is 29.5 Å². The number of methoxy groups -OCH3 is 1. The van der Waals surface area contributed by atoms with Crippen LogP contribution < -0.4 is 4.74 Å². The van der Waals surface area contributed by atoms with Crippen LogP contribution in [0.15, 0.2) is 24.3 Å². The van der Waals surface area contributed by atoms with Crippen molar-refractivity contribution >= 4 is 12.6 Å². The number of ether oxygens (including phenoxy) is 1. The zero-order chi connectivity index (χ0) is 10.6. The van der Waals surface area contributed by atoms with E-state index in [0.29, 0.717) is 0 Å². The van der Waals surface area contributed by atoms with Crippen molar-refractivity contribution in [1.82, 2.24) is 0 Å². The molecule has 0 spiro atoms. The van der Waals surface area contributed by atoms with Crippen LogP contribution in [0.3, 0.4) is 0 Å². The predicted octanol–water partition coefficient (Wildman–Crippen LogP) is 2.29. The van der Waals surface area contributed by atoms with Crippen LogP contribution in [0.2, 0.25) is 0 Å². The van der Waals surface area contributed by atoms with E-state index in [0.717, 1.165) is 11.3 Å². The number of thiol groups is 1. The molecule has 0 aromatic heterocycles. The van der Waals surface area contributed by atoms with Crippen LogP contribution in [0.1, 0.15) is 17.7 Å². The van der Waals surface area contributed by atoms with Crippen molar-refractivity contribution in [2.24, 2.45) is 5.92 Å². The highest BCUT2D eigenvalue weighted by molar-refractivity contribution is 7.80. The molecule has 0 aliphatic rings. The number of hydrogen-bond donors (Lipinski definition) is 2. The summed E-state index contributed by atoms with van der Waals surface area (Å²) in [6.45, 7) is 2.09. The summed E-state index contributed by atoms with van der Waals surface area (Å²) >= 11 is 4.48. The Labute approximate surface area is 90.3 Å². The van der Waals surface area contributed by atoms with Gasteiger partial charge < -0.3 is 9.84 Å². The molecule has 1 rings (SSSR count). The second-order valence-corrected chi connectivity index (χ2v) is 3.90. The van der Waals surface area contributed by atoms with Crippen LogP contribution in [0.4, 0.5) is 0 Å². The molecule has 0 radical (unpaired) electrons. The summed E-state index contributed by atoms with van der Waals surface area (Å²) < 4.78 is 5.23. The third-order valence-electron chi connectivity index (χ3n) is 2.28. The summed E-state index contributed by atoms with van der Waals surface area (Å²) in [5, 5.41) is 9.05. The van der Waals surface area contributed by atoms with Gasteiger partial charge >= 0.3 is 0 Å². The van der Waals surface area contributed by atoms with Gasteiger partial charge in [-0.15, -0.1) is 0 Å². The van der Waals surface area contributed by atoms with E-state index in [1.807, 2.05) is 31.2 Å². The lowest BCUT2D eigenvalue weighted by Crippen LogP contribution is -2.09. The first-order chi connectivity index (χ1) is 6.70. The molecular weight excluding hydrogens is 196 g/mol. The second kappa shape index (κ2) is 5.27. The van der Waals surface area contributed by atoms with E-state index < -0.39 is 0 Å². The fourth-order valence-corrected chi connectivity index (χ4v) is 1.62. The normalized spacial score (nSPS) is 14.9. The van der Waals surface area contributed by atoms with Crippen LogP contribution in [0, 0.1) is 5.92 Å². The Hall–Kier alpha value is -0.670. The van der Waals surface area contributed by atoms with Crippen LogP contribution in [0.5, 0.6) is 5.75 Å². The van der Waals surface area contributed by atoms with Gasteiger partial charge in [-0.05, 0) is 12.0 Å². The minimum absolute atomic E-state index is 0.0103. The largest absolute Gasteiger partial charge is 0.496 e. The van der Waals surface area contributed by atoms with Gasteiger partial charge in [0.05, 0.1) is 7.11 Å². The predicted molar refractivity (Wildman–Crippen MR) is 61.0 cm³/mol. The van der Waals surface area contributed by atoms with Crippen molar-refractivity contribution in [1.29, 1.82) is 0 Å². The number of para-hydroxylation sites is 1. The highest BCUT2D eigenvalue weighted by Crippen LogP contribution is 2.34. The minimum atomic E-state index is 0.0103. The van der Waals surface area contributed by atoms with Gasteiger partial charge in [0.15, 0.2) is 0 Å². The molecule has 0 bridgehead atoms. The molecule has 1 N–H and O–H groups in total. The van der Waals surface area contributed by atoms with Gasteiger partial charge in [-0.2, -0.15) is 12.6 Å². The summed E-state index contributed by atoms with van der Waals surface area (Å²) in [6.07, 6.45) is 0. The third-order valence-corrected chi connectivity index (χ3v) is 3.07. The van der Waals surface area contributed by atoms with E-state index in [4.69, 9.17) is 9.84 Å². The first kappa shape index (κ1) is 11.4. The van der Waals surface area contributed by atoms with E-state index in [2.05, 4.69) is 12.6 Å². The molecule has 0 saturated heterocycles. The monoisotopic (exact) mass is 212 g/mol. The lowest BCUT2D eigenvalue weighted by Gasteiger charge is -2.19.